The zero-order chi connectivity index (χ0) is 25.1. The fraction of sp³-hybridized carbons (Fsp3) is 0.333. The minimum atomic E-state index is -0.991. The minimum absolute atomic E-state index is 0.149. The number of hydrogen-bond acceptors (Lipinski definition) is 10. The molecule has 2 rings (SSSR count). The number of carbonyl (C=O) groups is 2. The maximum atomic E-state index is 12.0. The van der Waals surface area contributed by atoms with Crippen molar-refractivity contribution in [1.29, 1.82) is 0 Å². The van der Waals surface area contributed by atoms with Crippen LogP contribution in [0.15, 0.2) is 60.7 Å². The highest BCUT2D eigenvalue weighted by molar-refractivity contribution is 5.91. The van der Waals surface area contributed by atoms with Crippen LogP contribution in [0.1, 0.15) is 36.1 Å². The summed E-state index contributed by atoms with van der Waals surface area (Å²) in [5.41, 5.74) is 25.5. The number of ether oxygens (including phenoxy) is 4. The highest BCUT2D eigenvalue weighted by atomic mass is 16.6. The zero-order valence-corrected chi connectivity index (χ0v) is 19.3. The third kappa shape index (κ3) is 8.16. The highest BCUT2D eigenvalue weighted by Gasteiger charge is 2.19. The lowest BCUT2D eigenvalue weighted by Crippen LogP contribution is -2.31. The topological polar surface area (TPSA) is 175 Å². The van der Waals surface area contributed by atoms with E-state index < -0.39 is 36.5 Å². The van der Waals surface area contributed by atoms with E-state index in [0.717, 1.165) is 23.3 Å². The van der Waals surface area contributed by atoms with Crippen LogP contribution in [0.5, 0.6) is 11.5 Å². The molecule has 0 aliphatic rings. The molecule has 0 bridgehead atoms. The lowest BCUT2D eigenvalue weighted by Gasteiger charge is -2.19. The molecule has 0 amide bonds. The molecule has 10 heteroatoms. The Morgan fingerprint density at radius 2 is 1.06 bits per heavy atom. The molecular weight excluding hydrogens is 440 g/mol. The summed E-state index contributed by atoms with van der Waals surface area (Å²) in [4.78, 5) is 24.0. The number of carbonyl (C=O) groups excluding carboxylic acids is 2. The van der Waals surface area contributed by atoms with Gasteiger partial charge in [-0.05, 0) is 12.1 Å². The van der Waals surface area contributed by atoms with Gasteiger partial charge in [0.15, 0.2) is 12.5 Å². The van der Waals surface area contributed by atoms with Crippen molar-refractivity contribution < 1.29 is 28.5 Å². The van der Waals surface area contributed by atoms with Crippen LogP contribution >= 0.6 is 0 Å². The molecule has 0 spiro atoms. The number of benzene rings is 2. The van der Waals surface area contributed by atoms with Crippen molar-refractivity contribution in [2.75, 3.05) is 14.2 Å². The van der Waals surface area contributed by atoms with E-state index in [1.54, 1.807) is 24.3 Å². The number of esters is 2. The van der Waals surface area contributed by atoms with Gasteiger partial charge >= 0.3 is 11.9 Å². The lowest BCUT2D eigenvalue weighted by molar-refractivity contribution is -0.146. The SMILES string of the molecule is COc1ccccc1C(N)CC(N)OC(=O)/C=C\C(=O)OC(N)CC(N)c1ccccc1OC. The van der Waals surface area contributed by atoms with Crippen molar-refractivity contribution in [1.82, 2.24) is 0 Å². The first-order valence-electron chi connectivity index (χ1n) is 10.6. The molecule has 10 nitrogen and oxygen atoms in total. The van der Waals surface area contributed by atoms with Crippen LogP contribution in [0.25, 0.3) is 0 Å². The number of hydrogen-bond donors (Lipinski definition) is 4. The van der Waals surface area contributed by atoms with Gasteiger partial charge in [0.25, 0.3) is 0 Å². The Kier molecular flexibility index (Phi) is 10.5. The van der Waals surface area contributed by atoms with E-state index in [1.807, 2.05) is 24.3 Å². The first-order chi connectivity index (χ1) is 16.2. The van der Waals surface area contributed by atoms with Crippen molar-refractivity contribution >= 4 is 11.9 Å². The molecule has 0 heterocycles. The summed E-state index contributed by atoms with van der Waals surface area (Å²) in [7, 11) is 3.07. The summed E-state index contributed by atoms with van der Waals surface area (Å²) in [6.07, 6.45) is 0.128. The third-order valence-corrected chi connectivity index (χ3v) is 4.94. The maximum absolute atomic E-state index is 12.0. The Hall–Kier alpha value is -3.44. The Balaban J connectivity index is 1.80. The predicted molar refractivity (Wildman–Crippen MR) is 126 cm³/mol. The van der Waals surface area contributed by atoms with Gasteiger partial charge < -0.3 is 30.4 Å². The second-order valence-corrected chi connectivity index (χ2v) is 7.45. The van der Waals surface area contributed by atoms with Crippen molar-refractivity contribution in [3.05, 3.63) is 71.8 Å². The molecule has 0 aliphatic heterocycles. The molecule has 4 unspecified atom stereocenters. The van der Waals surface area contributed by atoms with Crippen molar-refractivity contribution in [2.24, 2.45) is 22.9 Å². The van der Waals surface area contributed by atoms with Gasteiger partial charge in [-0.2, -0.15) is 0 Å². The second-order valence-electron chi connectivity index (χ2n) is 7.45. The summed E-state index contributed by atoms with van der Waals surface area (Å²) >= 11 is 0. The molecule has 2 aromatic rings. The molecule has 8 N–H and O–H groups in total. The van der Waals surface area contributed by atoms with E-state index in [9.17, 15) is 9.59 Å². The molecule has 0 saturated heterocycles. The molecule has 2 aromatic carbocycles. The largest absolute Gasteiger partial charge is 0.496 e. The normalized spacial score (nSPS) is 14.6. The average Bonchev–Trinajstić information content (AvgIpc) is 2.82. The quantitative estimate of drug-likeness (QED) is 0.201. The van der Waals surface area contributed by atoms with Crippen LogP contribution in [0.3, 0.4) is 0 Å². The Morgan fingerprint density at radius 3 is 1.41 bits per heavy atom. The van der Waals surface area contributed by atoms with Crippen LogP contribution in [-0.4, -0.2) is 38.6 Å². The van der Waals surface area contributed by atoms with Gasteiger partial charge in [0.05, 0.1) is 14.2 Å². The van der Waals surface area contributed by atoms with Crippen molar-refractivity contribution in [2.45, 2.75) is 37.4 Å². The first-order valence-corrected chi connectivity index (χ1v) is 10.6. The van der Waals surface area contributed by atoms with Crippen LogP contribution in [0.2, 0.25) is 0 Å². The van der Waals surface area contributed by atoms with Crippen LogP contribution in [-0.2, 0) is 19.1 Å². The lowest BCUT2D eigenvalue weighted by atomic mass is 10.0. The summed E-state index contributed by atoms with van der Waals surface area (Å²) in [6.45, 7) is 0. The molecule has 0 aromatic heterocycles. The van der Waals surface area contributed by atoms with Crippen molar-refractivity contribution in [3.8, 4) is 11.5 Å². The average molecular weight is 473 g/mol. The van der Waals surface area contributed by atoms with Gasteiger partial charge in [0.2, 0.25) is 0 Å². The molecule has 0 radical (unpaired) electrons. The van der Waals surface area contributed by atoms with Gasteiger partial charge in [-0.3, -0.25) is 11.5 Å². The molecule has 0 fully saturated rings. The summed E-state index contributed by atoms with van der Waals surface area (Å²) in [6, 6.07) is 13.4. The van der Waals surface area contributed by atoms with Gasteiger partial charge in [-0.15, -0.1) is 0 Å². The highest BCUT2D eigenvalue weighted by Crippen LogP contribution is 2.27. The number of nitrogens with two attached hydrogens (primary N) is 4. The summed E-state index contributed by atoms with van der Waals surface area (Å²) in [5, 5.41) is 0. The van der Waals surface area contributed by atoms with Crippen LogP contribution in [0.4, 0.5) is 0 Å². The van der Waals surface area contributed by atoms with Crippen LogP contribution < -0.4 is 32.4 Å². The zero-order valence-electron chi connectivity index (χ0n) is 19.3. The minimum Gasteiger partial charge on any atom is -0.496 e. The van der Waals surface area contributed by atoms with E-state index in [1.165, 1.54) is 14.2 Å². The summed E-state index contributed by atoms with van der Waals surface area (Å²) < 4.78 is 20.7. The monoisotopic (exact) mass is 472 g/mol. The fourth-order valence-corrected chi connectivity index (χ4v) is 3.31. The molecular formula is C24H32N4O6. The Morgan fingerprint density at radius 1 is 0.706 bits per heavy atom. The molecule has 184 valence electrons. The molecule has 34 heavy (non-hydrogen) atoms. The second kappa shape index (κ2) is 13.3. The smallest absolute Gasteiger partial charge is 0.332 e. The van der Waals surface area contributed by atoms with Gasteiger partial charge in [-0.25, -0.2) is 9.59 Å². The molecule has 4 atom stereocenters. The Bertz CT molecular complexity index is 906. The van der Waals surface area contributed by atoms with E-state index in [0.29, 0.717) is 11.5 Å². The van der Waals surface area contributed by atoms with E-state index in [-0.39, 0.29) is 12.8 Å². The maximum Gasteiger partial charge on any atom is 0.332 e. The van der Waals surface area contributed by atoms with Crippen molar-refractivity contribution in [3.63, 3.8) is 0 Å². The fourth-order valence-electron chi connectivity index (χ4n) is 3.31. The van der Waals surface area contributed by atoms with Gasteiger partial charge in [0, 0.05) is 48.2 Å². The molecule has 0 saturated carbocycles. The number of rotatable bonds is 12. The Labute approximate surface area is 198 Å². The van der Waals surface area contributed by atoms with Gasteiger partial charge in [0.1, 0.15) is 11.5 Å². The predicted octanol–water partition coefficient (Wildman–Crippen LogP) is 1.40. The third-order valence-electron chi connectivity index (χ3n) is 4.94. The van der Waals surface area contributed by atoms with Gasteiger partial charge in [-0.1, -0.05) is 36.4 Å². The summed E-state index contributed by atoms with van der Waals surface area (Å²) in [5.74, 6) is -0.428. The van der Waals surface area contributed by atoms with E-state index in [2.05, 4.69) is 0 Å². The van der Waals surface area contributed by atoms with Crippen LogP contribution in [0, 0.1) is 0 Å². The first kappa shape index (κ1) is 26.8. The number of para-hydroxylation sites is 2. The van der Waals surface area contributed by atoms with E-state index >= 15 is 0 Å². The molecule has 0 aliphatic carbocycles. The number of methoxy groups -OCH3 is 2. The standard InChI is InChI=1S/C24H32N4O6/c1-31-19-9-5-3-7-15(19)17(25)13-21(27)33-23(29)11-12-24(30)34-22(28)14-18(26)16-8-4-6-10-20(16)32-2/h3-12,17-18,21-22H,13-14,25-28H2,1-2H3/b12-11-. The van der Waals surface area contributed by atoms with E-state index in [4.69, 9.17) is 41.9 Å².